The van der Waals surface area contributed by atoms with Gasteiger partial charge >= 0.3 is 5.97 Å². The molecule has 2 rings (SSSR count). The van der Waals surface area contributed by atoms with Crippen LogP contribution in [0.25, 0.3) is 0 Å². The highest BCUT2D eigenvalue weighted by Gasteiger charge is 2.16. The molecule has 0 aromatic heterocycles. The molecule has 0 aliphatic carbocycles. The molecule has 0 radical (unpaired) electrons. The second-order valence-corrected chi connectivity index (χ2v) is 6.32. The van der Waals surface area contributed by atoms with Crippen LogP contribution in [0.3, 0.4) is 0 Å². The van der Waals surface area contributed by atoms with Gasteiger partial charge in [-0.25, -0.2) is 4.79 Å². The molecule has 0 spiro atoms. The Balaban J connectivity index is 2.01. The summed E-state index contributed by atoms with van der Waals surface area (Å²) in [7, 11) is 0. The van der Waals surface area contributed by atoms with E-state index in [2.05, 4.69) is 5.32 Å². The number of hydrogen-bond donors (Lipinski definition) is 1. The summed E-state index contributed by atoms with van der Waals surface area (Å²) in [4.78, 5) is 34.8. The van der Waals surface area contributed by atoms with Crippen molar-refractivity contribution in [2.75, 3.05) is 25.1 Å². The second-order valence-electron chi connectivity index (χ2n) is 6.32. The maximum Gasteiger partial charge on any atom is 0.338 e. The molecule has 0 atom stereocenters. The normalized spacial score (nSPS) is 10.2. The zero-order chi connectivity index (χ0) is 22.1. The van der Waals surface area contributed by atoms with Crippen LogP contribution < -0.4 is 14.8 Å². The lowest BCUT2D eigenvalue weighted by Crippen LogP contribution is -2.21. The molecule has 0 heterocycles. The molecule has 2 aromatic carbocycles. The monoisotopic (exact) mass is 416 g/mol. The number of amides is 1. The van der Waals surface area contributed by atoms with Gasteiger partial charge in [-0.05, 0) is 44.0 Å². The number of nitrogens with one attached hydrogen (secondary N) is 1. The number of hydrogen-bond acceptors (Lipinski definition) is 7. The van der Waals surface area contributed by atoms with Gasteiger partial charge in [-0.2, -0.15) is 0 Å². The lowest BCUT2D eigenvalue weighted by atomic mass is 10.2. The molecule has 0 saturated carbocycles. The smallest absolute Gasteiger partial charge is 0.338 e. The van der Waals surface area contributed by atoms with E-state index in [9.17, 15) is 19.7 Å². The first-order valence-electron chi connectivity index (χ1n) is 9.47. The highest BCUT2D eigenvalue weighted by molar-refractivity contribution is 5.96. The topological polar surface area (TPSA) is 117 Å². The lowest BCUT2D eigenvalue weighted by molar-refractivity contribution is -0.384. The summed E-state index contributed by atoms with van der Waals surface area (Å²) in [6.07, 6.45) is 0.828. The standard InChI is InChI=1S/C21H24N2O7/c1-4-10-29-18-9-7-15(11-19(18)28-5-2)21(25)30-13-20(24)22-17-12-16(23(26)27)8-6-14(17)3/h6-9,11-12H,4-5,10,13H2,1-3H3,(H,22,24). The fraction of sp³-hybridized carbons (Fsp3) is 0.333. The number of rotatable bonds is 10. The summed E-state index contributed by atoms with van der Waals surface area (Å²) in [5.74, 6) is -0.380. The fourth-order valence-corrected chi connectivity index (χ4v) is 2.49. The number of carbonyl (C=O) groups excluding carboxylic acids is 2. The van der Waals surface area contributed by atoms with Gasteiger partial charge in [-0.1, -0.05) is 13.0 Å². The van der Waals surface area contributed by atoms with E-state index in [-0.39, 0.29) is 16.9 Å². The van der Waals surface area contributed by atoms with E-state index in [1.54, 1.807) is 13.0 Å². The largest absolute Gasteiger partial charge is 0.490 e. The zero-order valence-corrected chi connectivity index (χ0v) is 17.1. The summed E-state index contributed by atoms with van der Waals surface area (Å²) in [5, 5.41) is 13.4. The first kappa shape index (κ1) is 22.7. The Morgan fingerprint density at radius 2 is 1.83 bits per heavy atom. The number of nitro groups is 1. The maximum absolute atomic E-state index is 12.3. The number of carbonyl (C=O) groups is 2. The van der Waals surface area contributed by atoms with Crippen molar-refractivity contribution in [3.63, 3.8) is 0 Å². The first-order chi connectivity index (χ1) is 14.3. The van der Waals surface area contributed by atoms with Gasteiger partial charge in [0.25, 0.3) is 11.6 Å². The molecular weight excluding hydrogens is 392 g/mol. The minimum absolute atomic E-state index is 0.151. The van der Waals surface area contributed by atoms with E-state index in [1.165, 1.54) is 30.3 Å². The maximum atomic E-state index is 12.3. The van der Waals surface area contributed by atoms with Crippen molar-refractivity contribution in [3.8, 4) is 11.5 Å². The van der Waals surface area contributed by atoms with Gasteiger partial charge in [-0.3, -0.25) is 14.9 Å². The van der Waals surface area contributed by atoms with Crippen LogP contribution in [0.5, 0.6) is 11.5 Å². The third-order valence-corrected chi connectivity index (χ3v) is 3.98. The van der Waals surface area contributed by atoms with Crippen LogP contribution in [-0.2, 0) is 9.53 Å². The first-order valence-corrected chi connectivity index (χ1v) is 9.47. The van der Waals surface area contributed by atoms with E-state index < -0.39 is 23.4 Å². The molecule has 0 aliphatic rings. The third-order valence-electron chi connectivity index (χ3n) is 3.98. The van der Waals surface area contributed by atoms with Gasteiger partial charge in [0.05, 0.1) is 29.4 Å². The number of nitrogens with zero attached hydrogens (tertiary/aromatic N) is 1. The van der Waals surface area contributed by atoms with Crippen molar-refractivity contribution < 1.29 is 28.7 Å². The molecule has 0 fully saturated rings. The Kier molecular flexibility index (Phi) is 8.16. The predicted octanol–water partition coefficient (Wildman–Crippen LogP) is 3.89. The van der Waals surface area contributed by atoms with Crippen molar-refractivity contribution in [2.45, 2.75) is 27.2 Å². The molecule has 9 heteroatoms. The average Bonchev–Trinajstić information content (AvgIpc) is 2.72. The van der Waals surface area contributed by atoms with E-state index in [1.807, 2.05) is 13.8 Å². The second kappa shape index (κ2) is 10.8. The summed E-state index contributed by atoms with van der Waals surface area (Å²) < 4.78 is 16.1. The highest BCUT2D eigenvalue weighted by Crippen LogP contribution is 2.29. The Hall–Kier alpha value is -3.62. The molecule has 0 unspecified atom stereocenters. The van der Waals surface area contributed by atoms with E-state index in [0.717, 1.165) is 6.42 Å². The molecule has 1 N–H and O–H groups in total. The van der Waals surface area contributed by atoms with Crippen LogP contribution in [0.15, 0.2) is 36.4 Å². The van der Waals surface area contributed by atoms with Gasteiger partial charge in [-0.15, -0.1) is 0 Å². The Morgan fingerprint density at radius 1 is 1.07 bits per heavy atom. The molecular formula is C21H24N2O7. The number of benzene rings is 2. The molecule has 0 aliphatic heterocycles. The average molecular weight is 416 g/mol. The Labute approximate surface area is 174 Å². The summed E-state index contributed by atoms with van der Waals surface area (Å²) >= 11 is 0. The lowest BCUT2D eigenvalue weighted by Gasteiger charge is -2.13. The van der Waals surface area contributed by atoms with Crippen LogP contribution >= 0.6 is 0 Å². The van der Waals surface area contributed by atoms with Crippen molar-refractivity contribution in [2.24, 2.45) is 0 Å². The summed E-state index contributed by atoms with van der Waals surface area (Å²) in [6.45, 7) is 5.86. The van der Waals surface area contributed by atoms with Gasteiger partial charge in [0, 0.05) is 12.1 Å². The van der Waals surface area contributed by atoms with Crippen LogP contribution in [0, 0.1) is 17.0 Å². The van der Waals surface area contributed by atoms with Crippen LogP contribution in [0.1, 0.15) is 36.2 Å². The highest BCUT2D eigenvalue weighted by atomic mass is 16.6. The third kappa shape index (κ3) is 6.20. The molecule has 2 aromatic rings. The van der Waals surface area contributed by atoms with Crippen molar-refractivity contribution in [1.82, 2.24) is 0 Å². The van der Waals surface area contributed by atoms with Crippen molar-refractivity contribution >= 4 is 23.3 Å². The van der Waals surface area contributed by atoms with Crippen LogP contribution in [0.4, 0.5) is 11.4 Å². The van der Waals surface area contributed by atoms with E-state index >= 15 is 0 Å². The van der Waals surface area contributed by atoms with Crippen molar-refractivity contribution in [1.29, 1.82) is 0 Å². The molecule has 0 saturated heterocycles. The predicted molar refractivity (Wildman–Crippen MR) is 110 cm³/mol. The molecule has 30 heavy (non-hydrogen) atoms. The molecule has 1 amide bonds. The SMILES string of the molecule is CCCOc1ccc(C(=O)OCC(=O)Nc2cc([N+](=O)[O-])ccc2C)cc1OCC. The quantitative estimate of drug-likeness (QED) is 0.355. The van der Waals surface area contributed by atoms with Crippen LogP contribution in [0.2, 0.25) is 0 Å². The van der Waals surface area contributed by atoms with E-state index in [0.29, 0.717) is 30.3 Å². The van der Waals surface area contributed by atoms with Gasteiger partial charge in [0.1, 0.15) is 0 Å². The fourth-order valence-electron chi connectivity index (χ4n) is 2.49. The van der Waals surface area contributed by atoms with Gasteiger partial charge < -0.3 is 19.5 Å². The summed E-state index contributed by atoms with van der Waals surface area (Å²) in [5.41, 5.74) is 0.981. The van der Waals surface area contributed by atoms with Crippen molar-refractivity contribution in [3.05, 3.63) is 57.6 Å². The number of anilines is 1. The Bertz CT molecular complexity index is 928. The van der Waals surface area contributed by atoms with Crippen LogP contribution in [-0.4, -0.2) is 36.6 Å². The van der Waals surface area contributed by atoms with Gasteiger partial charge in [0.15, 0.2) is 18.1 Å². The minimum Gasteiger partial charge on any atom is -0.490 e. The van der Waals surface area contributed by atoms with E-state index in [4.69, 9.17) is 14.2 Å². The number of esters is 1. The Morgan fingerprint density at radius 3 is 2.50 bits per heavy atom. The summed E-state index contributed by atoms with van der Waals surface area (Å²) in [6, 6.07) is 8.76. The zero-order valence-electron chi connectivity index (χ0n) is 17.1. The number of ether oxygens (including phenoxy) is 3. The number of aryl methyl sites for hydroxylation is 1. The number of nitro benzene ring substituents is 1. The van der Waals surface area contributed by atoms with Gasteiger partial charge in [0.2, 0.25) is 0 Å². The minimum atomic E-state index is -0.705. The molecule has 160 valence electrons. The molecule has 9 nitrogen and oxygen atoms in total. The molecule has 0 bridgehead atoms. The number of non-ortho nitro benzene ring substituents is 1.